The Bertz CT molecular complexity index is 768. The molecule has 0 saturated carbocycles. The average molecular weight is 286 g/mol. The lowest BCUT2D eigenvalue weighted by atomic mass is 9.86. The molecule has 0 atom stereocenters. The van der Waals surface area contributed by atoms with Gasteiger partial charge < -0.3 is 0 Å². The van der Waals surface area contributed by atoms with Crippen LogP contribution in [-0.2, 0) is 6.42 Å². The molecule has 3 aromatic rings. The maximum Gasteiger partial charge on any atom is -0.0116 e. The quantitative estimate of drug-likeness (QED) is 0.537. The molecule has 0 bridgehead atoms. The van der Waals surface area contributed by atoms with Gasteiger partial charge in [0.25, 0.3) is 0 Å². The van der Waals surface area contributed by atoms with Crippen LogP contribution in [0.3, 0.4) is 0 Å². The second-order valence-electron chi connectivity index (χ2n) is 5.79. The zero-order valence-corrected chi connectivity index (χ0v) is 13.6. The number of rotatable bonds is 3. The molecule has 0 aromatic heterocycles. The zero-order chi connectivity index (χ0) is 15.5. The van der Waals surface area contributed by atoms with Crippen molar-refractivity contribution in [3.05, 3.63) is 83.4 Å². The molecule has 0 aliphatic rings. The van der Waals surface area contributed by atoms with E-state index in [9.17, 15) is 0 Å². The van der Waals surface area contributed by atoms with E-state index in [0.717, 1.165) is 6.42 Å². The van der Waals surface area contributed by atoms with Gasteiger partial charge >= 0.3 is 0 Å². The van der Waals surface area contributed by atoms with Crippen LogP contribution in [0.25, 0.3) is 22.3 Å². The smallest absolute Gasteiger partial charge is 0.0116 e. The van der Waals surface area contributed by atoms with Gasteiger partial charge in [0.15, 0.2) is 0 Å². The first-order chi connectivity index (χ1) is 10.7. The van der Waals surface area contributed by atoms with Gasteiger partial charge in [-0.25, -0.2) is 0 Å². The van der Waals surface area contributed by atoms with Crippen molar-refractivity contribution in [3.63, 3.8) is 0 Å². The molecule has 0 N–H and O–H groups in total. The zero-order valence-electron chi connectivity index (χ0n) is 13.6. The first-order valence-electron chi connectivity index (χ1n) is 7.96. The summed E-state index contributed by atoms with van der Waals surface area (Å²) in [5.74, 6) is 0. The lowest BCUT2D eigenvalue weighted by Crippen LogP contribution is -1.97. The molecule has 0 aliphatic heterocycles. The van der Waals surface area contributed by atoms with Crippen LogP contribution < -0.4 is 0 Å². The maximum atomic E-state index is 2.37. The second-order valence-corrected chi connectivity index (χ2v) is 5.79. The van der Waals surface area contributed by atoms with Crippen LogP contribution in [-0.4, -0.2) is 0 Å². The fourth-order valence-electron chi connectivity index (χ4n) is 3.29. The fraction of sp³-hybridized carbons (Fsp3) is 0.182. The van der Waals surface area contributed by atoms with Crippen molar-refractivity contribution in [3.8, 4) is 22.3 Å². The van der Waals surface area contributed by atoms with Gasteiger partial charge in [-0.05, 0) is 59.2 Å². The molecule has 110 valence electrons. The Balaban J connectivity index is 2.30. The van der Waals surface area contributed by atoms with Crippen molar-refractivity contribution in [2.45, 2.75) is 27.2 Å². The monoisotopic (exact) mass is 286 g/mol. The standard InChI is InChI=1S/C22H22/c1-4-18-15-21(19-11-7-5-8-12-19)17(3)22(16(18)2)20-13-9-6-10-14-20/h5-15H,4H2,1-3H3. The summed E-state index contributed by atoms with van der Waals surface area (Å²) in [7, 11) is 0. The number of hydrogen-bond acceptors (Lipinski definition) is 0. The van der Waals surface area contributed by atoms with Crippen LogP contribution in [0.4, 0.5) is 0 Å². The van der Waals surface area contributed by atoms with E-state index < -0.39 is 0 Å². The molecule has 0 nitrogen and oxygen atoms in total. The van der Waals surface area contributed by atoms with Crippen molar-refractivity contribution in [1.29, 1.82) is 0 Å². The number of benzene rings is 3. The molecule has 0 aliphatic carbocycles. The first-order valence-corrected chi connectivity index (χ1v) is 7.96. The molecule has 0 saturated heterocycles. The molecule has 0 heterocycles. The fourth-order valence-corrected chi connectivity index (χ4v) is 3.29. The summed E-state index contributed by atoms with van der Waals surface area (Å²) in [5.41, 5.74) is 9.55. The number of hydrogen-bond donors (Lipinski definition) is 0. The third-order valence-electron chi connectivity index (χ3n) is 4.48. The van der Waals surface area contributed by atoms with E-state index in [4.69, 9.17) is 0 Å². The molecule has 3 aromatic carbocycles. The van der Waals surface area contributed by atoms with Gasteiger partial charge in [0.05, 0.1) is 0 Å². The highest BCUT2D eigenvalue weighted by Crippen LogP contribution is 2.36. The van der Waals surface area contributed by atoms with E-state index in [-0.39, 0.29) is 0 Å². The molecule has 0 spiro atoms. The lowest BCUT2D eigenvalue weighted by molar-refractivity contribution is 1.11. The topological polar surface area (TPSA) is 0 Å². The van der Waals surface area contributed by atoms with Crippen LogP contribution in [0.1, 0.15) is 23.6 Å². The Morgan fingerprint density at radius 1 is 0.682 bits per heavy atom. The minimum atomic E-state index is 1.06. The Morgan fingerprint density at radius 3 is 1.77 bits per heavy atom. The first kappa shape index (κ1) is 14.6. The van der Waals surface area contributed by atoms with Crippen molar-refractivity contribution >= 4 is 0 Å². The molecule has 3 rings (SSSR count). The summed E-state index contributed by atoms with van der Waals surface area (Å²) >= 11 is 0. The molecular weight excluding hydrogens is 264 g/mol. The van der Waals surface area contributed by atoms with E-state index in [1.165, 1.54) is 38.9 Å². The van der Waals surface area contributed by atoms with E-state index in [0.29, 0.717) is 0 Å². The SMILES string of the molecule is CCc1cc(-c2ccccc2)c(C)c(-c2ccccc2)c1C. The highest BCUT2D eigenvalue weighted by Gasteiger charge is 2.14. The van der Waals surface area contributed by atoms with E-state index >= 15 is 0 Å². The van der Waals surface area contributed by atoms with Crippen LogP contribution >= 0.6 is 0 Å². The van der Waals surface area contributed by atoms with Gasteiger partial charge in [-0.2, -0.15) is 0 Å². The van der Waals surface area contributed by atoms with Crippen molar-refractivity contribution in [1.82, 2.24) is 0 Å². The predicted octanol–water partition coefficient (Wildman–Crippen LogP) is 6.20. The Labute approximate surface area is 133 Å². The summed E-state index contributed by atoms with van der Waals surface area (Å²) in [5, 5.41) is 0. The van der Waals surface area contributed by atoms with Crippen LogP contribution in [0.15, 0.2) is 66.7 Å². The normalized spacial score (nSPS) is 10.7. The molecule has 0 amide bonds. The van der Waals surface area contributed by atoms with E-state index in [2.05, 4.69) is 87.5 Å². The van der Waals surface area contributed by atoms with Gasteiger partial charge in [0.2, 0.25) is 0 Å². The molecule has 0 unspecified atom stereocenters. The highest BCUT2D eigenvalue weighted by molar-refractivity contribution is 5.81. The largest absolute Gasteiger partial charge is 0.0622 e. The van der Waals surface area contributed by atoms with Gasteiger partial charge in [0.1, 0.15) is 0 Å². The molecule has 0 radical (unpaired) electrons. The summed E-state index contributed by atoms with van der Waals surface area (Å²) < 4.78 is 0. The van der Waals surface area contributed by atoms with Crippen LogP contribution in [0, 0.1) is 13.8 Å². The molecular formula is C22H22. The van der Waals surface area contributed by atoms with Crippen LogP contribution in [0.5, 0.6) is 0 Å². The van der Waals surface area contributed by atoms with Gasteiger partial charge in [-0.1, -0.05) is 73.7 Å². The van der Waals surface area contributed by atoms with E-state index in [1.54, 1.807) is 0 Å². The Kier molecular flexibility index (Phi) is 4.11. The second kappa shape index (κ2) is 6.19. The number of aryl methyl sites for hydroxylation is 1. The van der Waals surface area contributed by atoms with Crippen molar-refractivity contribution in [2.24, 2.45) is 0 Å². The third-order valence-corrected chi connectivity index (χ3v) is 4.48. The van der Waals surface area contributed by atoms with Crippen LogP contribution in [0.2, 0.25) is 0 Å². The van der Waals surface area contributed by atoms with E-state index in [1.807, 2.05) is 0 Å². The van der Waals surface area contributed by atoms with Gasteiger partial charge in [0, 0.05) is 0 Å². The summed E-state index contributed by atoms with van der Waals surface area (Å²) in [4.78, 5) is 0. The van der Waals surface area contributed by atoms with Gasteiger partial charge in [-0.3, -0.25) is 0 Å². The summed E-state index contributed by atoms with van der Waals surface area (Å²) in [6.45, 7) is 6.74. The summed E-state index contributed by atoms with van der Waals surface area (Å²) in [6, 6.07) is 23.8. The lowest BCUT2D eigenvalue weighted by Gasteiger charge is -2.19. The predicted molar refractivity (Wildman–Crippen MR) is 96.2 cm³/mol. The average Bonchev–Trinajstić information content (AvgIpc) is 2.57. The summed E-state index contributed by atoms with van der Waals surface area (Å²) in [6.07, 6.45) is 1.06. The Morgan fingerprint density at radius 2 is 1.23 bits per heavy atom. The highest BCUT2D eigenvalue weighted by atomic mass is 14.2. The maximum absolute atomic E-state index is 2.37. The van der Waals surface area contributed by atoms with Crippen molar-refractivity contribution < 1.29 is 0 Å². The molecule has 0 fully saturated rings. The molecule has 22 heavy (non-hydrogen) atoms. The minimum Gasteiger partial charge on any atom is -0.0622 e. The third kappa shape index (κ3) is 2.57. The molecule has 0 heteroatoms. The minimum absolute atomic E-state index is 1.06. The van der Waals surface area contributed by atoms with Gasteiger partial charge in [-0.15, -0.1) is 0 Å². The van der Waals surface area contributed by atoms with Crippen molar-refractivity contribution in [2.75, 3.05) is 0 Å². The Hall–Kier alpha value is -2.34.